The number of hydrogen-bond acceptors (Lipinski definition) is 7. The van der Waals surface area contributed by atoms with Crippen LogP contribution in [0.4, 0.5) is 0 Å². The minimum atomic E-state index is -0.787. The Morgan fingerprint density at radius 3 is 2.41 bits per heavy atom. The molecule has 0 unspecified atom stereocenters. The highest BCUT2D eigenvalue weighted by Crippen LogP contribution is 2.28. The number of rotatable bonds is 9. The average Bonchev–Trinajstić information content (AvgIpc) is 2.86. The highest BCUT2D eigenvalue weighted by atomic mass is 16.5. The minimum absolute atomic E-state index is 0.0751. The van der Waals surface area contributed by atoms with Crippen molar-refractivity contribution in [1.82, 2.24) is 19.7 Å². The summed E-state index contributed by atoms with van der Waals surface area (Å²) in [5.74, 6) is 0.742. The summed E-state index contributed by atoms with van der Waals surface area (Å²) in [7, 11) is 4.49. The second kappa shape index (κ2) is 10.7. The lowest BCUT2D eigenvalue weighted by atomic mass is 10.2. The molecule has 3 aromatic rings. The Bertz CT molecular complexity index is 1300. The van der Waals surface area contributed by atoms with E-state index in [9.17, 15) is 14.4 Å². The summed E-state index contributed by atoms with van der Waals surface area (Å²) in [6.07, 6.45) is 0.666. The number of nitrogens with zero attached hydrogens (tertiary/aromatic N) is 3. The standard InChI is InChI=1S/C24H28N4O6/c1-6-15(2)25-22(29)21-23(30)27(14-16-8-7-9-18(12-16)32-3)24(31)28(26-21)17-10-11-19(33-4)20(13-17)34-5/h7-13,15H,6,14H2,1-5H3,(H,25,29)/t15-/m1/s1. The third kappa shape index (κ3) is 5.11. The Morgan fingerprint density at radius 2 is 1.76 bits per heavy atom. The first-order chi connectivity index (χ1) is 16.3. The molecule has 10 nitrogen and oxygen atoms in total. The fourth-order valence-corrected chi connectivity index (χ4v) is 3.27. The summed E-state index contributed by atoms with van der Waals surface area (Å²) in [6.45, 7) is 3.65. The maximum absolute atomic E-state index is 13.4. The Morgan fingerprint density at radius 1 is 1.03 bits per heavy atom. The van der Waals surface area contributed by atoms with Gasteiger partial charge < -0.3 is 19.5 Å². The van der Waals surface area contributed by atoms with Crippen LogP contribution in [-0.2, 0) is 6.54 Å². The van der Waals surface area contributed by atoms with E-state index in [2.05, 4.69) is 10.4 Å². The smallest absolute Gasteiger partial charge is 0.352 e. The molecule has 1 amide bonds. The molecule has 0 aliphatic rings. The molecule has 0 aliphatic heterocycles. The maximum Gasteiger partial charge on any atom is 0.352 e. The van der Waals surface area contributed by atoms with Crippen molar-refractivity contribution in [2.45, 2.75) is 32.9 Å². The number of hydrogen-bond donors (Lipinski definition) is 1. The zero-order valence-corrected chi connectivity index (χ0v) is 19.8. The van der Waals surface area contributed by atoms with Crippen LogP contribution < -0.4 is 30.8 Å². The van der Waals surface area contributed by atoms with Crippen molar-refractivity contribution in [3.8, 4) is 22.9 Å². The largest absolute Gasteiger partial charge is 0.497 e. The summed E-state index contributed by atoms with van der Waals surface area (Å²) in [5, 5.41) is 6.87. The average molecular weight is 469 g/mol. The number of carbonyl (C=O) groups is 1. The van der Waals surface area contributed by atoms with E-state index >= 15 is 0 Å². The molecule has 1 heterocycles. The minimum Gasteiger partial charge on any atom is -0.497 e. The van der Waals surface area contributed by atoms with Crippen molar-refractivity contribution in [3.05, 3.63) is 74.6 Å². The van der Waals surface area contributed by atoms with Crippen LogP contribution in [0.3, 0.4) is 0 Å². The lowest BCUT2D eigenvalue weighted by molar-refractivity contribution is 0.0929. The van der Waals surface area contributed by atoms with Crippen LogP contribution >= 0.6 is 0 Å². The van der Waals surface area contributed by atoms with Crippen LogP contribution in [0.15, 0.2) is 52.1 Å². The zero-order chi connectivity index (χ0) is 24.8. The van der Waals surface area contributed by atoms with Crippen LogP contribution in [0.1, 0.15) is 36.3 Å². The molecular formula is C24H28N4O6. The SMILES string of the molecule is CC[C@@H](C)NC(=O)c1nn(-c2ccc(OC)c(OC)c2)c(=O)n(Cc2cccc(OC)c2)c1=O. The molecule has 2 aromatic carbocycles. The molecule has 180 valence electrons. The lowest BCUT2D eigenvalue weighted by Gasteiger charge is -2.15. The summed E-state index contributed by atoms with van der Waals surface area (Å²) in [4.78, 5) is 39.5. The van der Waals surface area contributed by atoms with Gasteiger partial charge in [-0.15, -0.1) is 0 Å². The fraction of sp³-hybridized carbons (Fsp3) is 0.333. The van der Waals surface area contributed by atoms with Gasteiger partial charge in [0.25, 0.3) is 11.5 Å². The molecule has 0 radical (unpaired) electrons. The van der Waals surface area contributed by atoms with Crippen LogP contribution in [0.5, 0.6) is 17.2 Å². The molecule has 1 aromatic heterocycles. The molecule has 0 spiro atoms. The van der Waals surface area contributed by atoms with Crippen molar-refractivity contribution in [2.75, 3.05) is 21.3 Å². The third-order valence-electron chi connectivity index (χ3n) is 5.35. The Kier molecular flexibility index (Phi) is 7.72. The van der Waals surface area contributed by atoms with Crippen LogP contribution in [0.2, 0.25) is 0 Å². The van der Waals surface area contributed by atoms with E-state index in [4.69, 9.17) is 14.2 Å². The van der Waals surface area contributed by atoms with E-state index < -0.39 is 22.9 Å². The van der Waals surface area contributed by atoms with Crippen LogP contribution in [-0.4, -0.2) is 47.6 Å². The molecule has 0 fully saturated rings. The number of aromatic nitrogens is 3. The summed E-state index contributed by atoms with van der Waals surface area (Å²) in [5.41, 5.74) is -0.931. The number of carbonyl (C=O) groups excluding carboxylic acids is 1. The van der Waals surface area contributed by atoms with Gasteiger partial charge in [0, 0.05) is 12.1 Å². The highest BCUT2D eigenvalue weighted by molar-refractivity contribution is 5.91. The van der Waals surface area contributed by atoms with Gasteiger partial charge in [0.1, 0.15) is 5.75 Å². The molecule has 0 aliphatic carbocycles. The monoisotopic (exact) mass is 468 g/mol. The van der Waals surface area contributed by atoms with Crippen LogP contribution in [0.25, 0.3) is 5.69 Å². The van der Waals surface area contributed by atoms with Crippen molar-refractivity contribution in [1.29, 1.82) is 0 Å². The topological polar surface area (TPSA) is 114 Å². The van der Waals surface area contributed by atoms with E-state index in [0.29, 0.717) is 34.9 Å². The van der Waals surface area contributed by atoms with Crippen molar-refractivity contribution in [3.63, 3.8) is 0 Å². The van der Waals surface area contributed by atoms with Gasteiger partial charge in [-0.1, -0.05) is 19.1 Å². The normalized spacial score (nSPS) is 11.6. The third-order valence-corrected chi connectivity index (χ3v) is 5.35. The number of methoxy groups -OCH3 is 3. The van der Waals surface area contributed by atoms with E-state index in [1.54, 1.807) is 42.5 Å². The van der Waals surface area contributed by atoms with Gasteiger partial charge in [-0.05, 0) is 43.2 Å². The molecule has 0 bridgehead atoms. The Hall–Kier alpha value is -4.08. The Labute approximate surface area is 196 Å². The maximum atomic E-state index is 13.4. The van der Waals surface area contributed by atoms with Gasteiger partial charge in [0.05, 0.1) is 33.6 Å². The Balaban J connectivity index is 2.22. The zero-order valence-electron chi connectivity index (χ0n) is 19.8. The number of amides is 1. The highest BCUT2D eigenvalue weighted by Gasteiger charge is 2.22. The van der Waals surface area contributed by atoms with E-state index in [0.717, 1.165) is 9.25 Å². The molecule has 1 N–H and O–H groups in total. The van der Waals surface area contributed by atoms with Crippen molar-refractivity contribution < 1.29 is 19.0 Å². The molecule has 10 heteroatoms. The first-order valence-corrected chi connectivity index (χ1v) is 10.7. The predicted molar refractivity (Wildman–Crippen MR) is 127 cm³/mol. The summed E-state index contributed by atoms with van der Waals surface area (Å²) in [6, 6.07) is 11.5. The van der Waals surface area contributed by atoms with E-state index in [1.807, 2.05) is 13.8 Å². The molecule has 3 rings (SSSR count). The van der Waals surface area contributed by atoms with Gasteiger partial charge in [-0.2, -0.15) is 9.78 Å². The summed E-state index contributed by atoms with van der Waals surface area (Å²) < 4.78 is 17.8. The molecule has 1 atom stereocenters. The van der Waals surface area contributed by atoms with Crippen molar-refractivity contribution >= 4 is 5.91 Å². The number of nitrogens with one attached hydrogen (secondary N) is 1. The van der Waals surface area contributed by atoms with Gasteiger partial charge in [0.15, 0.2) is 11.5 Å². The predicted octanol–water partition coefficient (Wildman–Crippen LogP) is 2.00. The van der Waals surface area contributed by atoms with Gasteiger partial charge in [-0.3, -0.25) is 14.2 Å². The van der Waals surface area contributed by atoms with Gasteiger partial charge in [-0.25, -0.2) is 4.79 Å². The number of ether oxygens (including phenoxy) is 3. The number of benzene rings is 2. The second-order valence-corrected chi connectivity index (χ2v) is 7.61. The second-order valence-electron chi connectivity index (χ2n) is 7.61. The summed E-state index contributed by atoms with van der Waals surface area (Å²) >= 11 is 0. The molecule has 0 saturated carbocycles. The van der Waals surface area contributed by atoms with Crippen LogP contribution in [0, 0.1) is 0 Å². The van der Waals surface area contributed by atoms with Gasteiger partial charge in [0.2, 0.25) is 5.69 Å². The van der Waals surface area contributed by atoms with Gasteiger partial charge >= 0.3 is 5.69 Å². The quantitative estimate of drug-likeness (QED) is 0.511. The molecular weight excluding hydrogens is 440 g/mol. The van der Waals surface area contributed by atoms with E-state index in [1.165, 1.54) is 21.3 Å². The first-order valence-electron chi connectivity index (χ1n) is 10.7. The van der Waals surface area contributed by atoms with E-state index in [-0.39, 0.29) is 12.6 Å². The lowest BCUT2D eigenvalue weighted by Crippen LogP contribution is -2.47. The fourth-order valence-electron chi connectivity index (χ4n) is 3.27. The molecule has 0 saturated heterocycles. The molecule has 34 heavy (non-hydrogen) atoms. The first kappa shape index (κ1) is 24.6. The van der Waals surface area contributed by atoms with Crippen molar-refractivity contribution in [2.24, 2.45) is 0 Å².